The fourth-order valence-corrected chi connectivity index (χ4v) is 4.19. The summed E-state index contributed by atoms with van der Waals surface area (Å²) in [5, 5.41) is 14.6. The number of nitrogens with zero attached hydrogens (tertiary/aromatic N) is 4. The second kappa shape index (κ2) is 13.0. The zero-order valence-electron chi connectivity index (χ0n) is 21.3. The minimum absolute atomic E-state index is 0.00178. The number of oxime groups is 1. The molecular formula is C28H30N6O5. The number of piperazine rings is 1. The summed E-state index contributed by atoms with van der Waals surface area (Å²) in [7, 11) is 0. The Morgan fingerprint density at radius 1 is 1.05 bits per heavy atom. The molecule has 1 aliphatic heterocycles. The number of aromatic nitrogens is 1. The van der Waals surface area contributed by atoms with Crippen molar-refractivity contribution in [3.8, 4) is 0 Å². The van der Waals surface area contributed by atoms with Gasteiger partial charge in [0.15, 0.2) is 5.84 Å². The zero-order valence-corrected chi connectivity index (χ0v) is 21.3. The third kappa shape index (κ3) is 7.54. The molecule has 0 spiro atoms. The number of carbonyl (C=O) groups is 3. The van der Waals surface area contributed by atoms with Crippen LogP contribution >= 0.6 is 0 Å². The molecule has 2 amide bonds. The molecule has 2 heterocycles. The number of benzene rings is 2. The predicted molar refractivity (Wildman–Crippen MR) is 144 cm³/mol. The maximum atomic E-state index is 12.9. The summed E-state index contributed by atoms with van der Waals surface area (Å²) in [5.74, 6) is -1.07. The molecule has 1 saturated heterocycles. The Morgan fingerprint density at radius 2 is 1.79 bits per heavy atom. The molecule has 1 aromatic heterocycles. The van der Waals surface area contributed by atoms with Gasteiger partial charge in [0.25, 0.3) is 0 Å². The van der Waals surface area contributed by atoms with E-state index in [1.54, 1.807) is 48.7 Å². The third-order valence-corrected chi connectivity index (χ3v) is 6.28. The predicted octanol–water partition coefficient (Wildman–Crippen LogP) is 1.82. The van der Waals surface area contributed by atoms with E-state index in [-0.39, 0.29) is 37.9 Å². The average molecular weight is 531 g/mol. The van der Waals surface area contributed by atoms with Gasteiger partial charge in [-0.2, -0.15) is 0 Å². The number of carbonyl (C=O) groups excluding carboxylic acids is 3. The Morgan fingerprint density at radius 3 is 2.46 bits per heavy atom. The van der Waals surface area contributed by atoms with Gasteiger partial charge in [-0.05, 0) is 42.0 Å². The summed E-state index contributed by atoms with van der Waals surface area (Å²) in [5.41, 5.74) is 8.36. The molecule has 0 bridgehead atoms. The molecule has 39 heavy (non-hydrogen) atoms. The Balaban J connectivity index is 1.32. The van der Waals surface area contributed by atoms with Crippen LogP contribution in [0.4, 0.5) is 5.69 Å². The summed E-state index contributed by atoms with van der Waals surface area (Å²) in [6, 6.07) is 20.9. The first-order valence-electron chi connectivity index (χ1n) is 12.4. The number of hydrogen-bond donors (Lipinski definition) is 3. The van der Waals surface area contributed by atoms with Gasteiger partial charge >= 0.3 is 5.97 Å². The lowest BCUT2D eigenvalue weighted by atomic mass is 10.1. The van der Waals surface area contributed by atoms with Crippen LogP contribution in [0.5, 0.6) is 0 Å². The van der Waals surface area contributed by atoms with Crippen LogP contribution in [0.25, 0.3) is 0 Å². The Kier molecular flexibility index (Phi) is 9.07. The van der Waals surface area contributed by atoms with Gasteiger partial charge in [-0.15, -0.1) is 0 Å². The highest BCUT2D eigenvalue weighted by Gasteiger charge is 2.27. The number of hydrogen-bond acceptors (Lipinski definition) is 8. The molecule has 2 aromatic carbocycles. The topological polar surface area (TPSA) is 150 Å². The van der Waals surface area contributed by atoms with E-state index in [4.69, 9.17) is 15.7 Å². The van der Waals surface area contributed by atoms with Crippen LogP contribution in [-0.2, 0) is 25.7 Å². The Hall–Kier alpha value is -4.93. The van der Waals surface area contributed by atoms with Crippen molar-refractivity contribution < 1.29 is 24.3 Å². The minimum atomic E-state index is -0.702. The molecule has 0 saturated carbocycles. The number of amides is 2. The first-order chi connectivity index (χ1) is 18.9. The normalized spacial score (nSPS) is 14.6. The zero-order chi connectivity index (χ0) is 27.6. The molecule has 11 heteroatoms. The molecule has 1 aliphatic rings. The third-order valence-electron chi connectivity index (χ3n) is 6.28. The molecule has 1 fully saturated rings. The van der Waals surface area contributed by atoms with Gasteiger partial charge in [-0.25, -0.2) is 0 Å². The molecule has 1 unspecified atom stereocenters. The first-order valence-corrected chi connectivity index (χ1v) is 12.4. The van der Waals surface area contributed by atoms with Crippen molar-refractivity contribution >= 4 is 29.3 Å². The molecule has 4 rings (SSSR count). The molecule has 0 aliphatic carbocycles. The van der Waals surface area contributed by atoms with Gasteiger partial charge in [0.05, 0.1) is 31.2 Å². The van der Waals surface area contributed by atoms with E-state index in [0.717, 1.165) is 11.3 Å². The smallest absolute Gasteiger partial charge is 0.308 e. The van der Waals surface area contributed by atoms with Gasteiger partial charge in [-0.3, -0.25) is 19.4 Å². The molecule has 3 aromatic rings. The van der Waals surface area contributed by atoms with Crippen molar-refractivity contribution in [1.29, 1.82) is 0 Å². The van der Waals surface area contributed by atoms with Gasteiger partial charge in [0.1, 0.15) is 6.61 Å². The number of ether oxygens (including phenoxy) is 1. The van der Waals surface area contributed by atoms with Crippen LogP contribution in [0.3, 0.4) is 0 Å². The van der Waals surface area contributed by atoms with Crippen LogP contribution in [0.1, 0.15) is 29.3 Å². The van der Waals surface area contributed by atoms with Crippen LogP contribution in [0, 0.1) is 0 Å². The molecule has 1 atom stereocenters. The second-order valence-corrected chi connectivity index (χ2v) is 8.99. The van der Waals surface area contributed by atoms with E-state index in [1.807, 2.05) is 35.2 Å². The number of nitrogens with two attached hydrogens (primary N) is 1. The molecule has 11 nitrogen and oxygen atoms in total. The summed E-state index contributed by atoms with van der Waals surface area (Å²) < 4.78 is 5.40. The number of pyridine rings is 1. The number of rotatable bonds is 10. The van der Waals surface area contributed by atoms with Crippen LogP contribution in [-0.4, -0.2) is 64.9 Å². The summed E-state index contributed by atoms with van der Waals surface area (Å²) >= 11 is 0. The van der Waals surface area contributed by atoms with E-state index in [1.165, 1.54) is 4.90 Å². The Labute approximate surface area is 225 Å². The number of nitrogens with one attached hydrogen (secondary N) is 1. The van der Waals surface area contributed by atoms with Crippen LogP contribution < -0.4 is 16.0 Å². The van der Waals surface area contributed by atoms with E-state index < -0.39 is 17.9 Å². The summed E-state index contributed by atoms with van der Waals surface area (Å²) in [4.78, 5) is 46.0. The number of amidine groups is 1. The highest BCUT2D eigenvalue weighted by atomic mass is 16.5. The maximum absolute atomic E-state index is 12.9. The number of esters is 1. The lowest BCUT2D eigenvalue weighted by Gasteiger charge is -2.35. The summed E-state index contributed by atoms with van der Waals surface area (Å²) in [6.45, 7) is 0.967. The monoisotopic (exact) mass is 530 g/mol. The van der Waals surface area contributed by atoms with Crippen LogP contribution in [0.15, 0.2) is 84.1 Å². The lowest BCUT2D eigenvalue weighted by molar-refractivity contribution is -0.146. The van der Waals surface area contributed by atoms with E-state index >= 15 is 0 Å². The largest absolute Gasteiger partial charge is 0.461 e. The highest BCUT2D eigenvalue weighted by molar-refractivity contribution is 5.97. The van der Waals surface area contributed by atoms with E-state index in [0.29, 0.717) is 24.3 Å². The van der Waals surface area contributed by atoms with Crippen LogP contribution in [0.2, 0.25) is 0 Å². The molecule has 202 valence electrons. The highest BCUT2D eigenvalue weighted by Crippen LogP contribution is 2.19. The van der Waals surface area contributed by atoms with Gasteiger partial charge in [0.2, 0.25) is 11.8 Å². The maximum Gasteiger partial charge on any atom is 0.308 e. The van der Waals surface area contributed by atoms with Crippen molar-refractivity contribution in [1.82, 2.24) is 15.2 Å². The van der Waals surface area contributed by atoms with Crippen molar-refractivity contribution in [2.45, 2.75) is 19.1 Å². The lowest BCUT2D eigenvalue weighted by Crippen LogP contribution is -2.53. The van der Waals surface area contributed by atoms with Crippen molar-refractivity contribution in [3.05, 3.63) is 95.8 Å². The fraction of sp³-hybridized carbons (Fsp3) is 0.250. The Bertz CT molecular complexity index is 1300. The fourth-order valence-electron chi connectivity index (χ4n) is 4.19. The van der Waals surface area contributed by atoms with Gasteiger partial charge in [0, 0.05) is 30.5 Å². The molecule has 0 radical (unpaired) electrons. The standard InChI is InChI=1S/C28H30N6O5/c29-28(32-38)21-9-11-22(12-10-21)33-14-15-34(26(36)18-33)17-25(35)31-24(23-8-4-5-13-30-23)16-27(37)39-19-20-6-2-1-3-7-20/h1-13,24,38H,14-19H2,(H2,29,32)(H,31,35). The minimum Gasteiger partial charge on any atom is -0.461 e. The van der Waals surface area contributed by atoms with Crippen molar-refractivity contribution in [3.63, 3.8) is 0 Å². The first kappa shape index (κ1) is 27.1. The van der Waals surface area contributed by atoms with E-state index in [2.05, 4.69) is 15.5 Å². The molecular weight excluding hydrogens is 500 g/mol. The average Bonchev–Trinajstić information content (AvgIpc) is 2.97. The molecule has 4 N–H and O–H groups in total. The summed E-state index contributed by atoms with van der Waals surface area (Å²) in [6.07, 6.45) is 1.49. The number of anilines is 1. The SMILES string of the molecule is N/C(=N/O)c1ccc(N2CCN(CC(=O)NC(CC(=O)OCc3ccccc3)c3ccccn3)C(=O)C2)cc1. The second-order valence-electron chi connectivity index (χ2n) is 8.99. The van der Waals surface area contributed by atoms with E-state index in [9.17, 15) is 14.4 Å². The van der Waals surface area contributed by atoms with Crippen molar-refractivity contribution in [2.75, 3.05) is 31.1 Å². The van der Waals surface area contributed by atoms with Crippen molar-refractivity contribution in [2.24, 2.45) is 10.9 Å². The van der Waals surface area contributed by atoms with Gasteiger partial charge < -0.3 is 30.8 Å². The van der Waals surface area contributed by atoms with Gasteiger partial charge in [-0.1, -0.05) is 41.6 Å². The quantitative estimate of drug-likeness (QED) is 0.118.